The van der Waals surface area contributed by atoms with Crippen molar-refractivity contribution in [3.05, 3.63) is 23.8 Å². The number of benzene rings is 1. The summed E-state index contributed by atoms with van der Waals surface area (Å²) in [5.74, 6) is 0.885. The third-order valence-electron chi connectivity index (χ3n) is 5.76. The molecule has 3 rings (SSSR count). The molecule has 11 heteroatoms. The molecule has 2 heterocycles. The zero-order chi connectivity index (χ0) is 24.9. The van der Waals surface area contributed by atoms with Crippen molar-refractivity contribution in [1.29, 1.82) is 0 Å². The summed E-state index contributed by atoms with van der Waals surface area (Å²) in [6.07, 6.45) is 1.59. The number of amidine groups is 2. The molecule has 1 fully saturated rings. The second-order valence-electron chi connectivity index (χ2n) is 8.29. The maximum absolute atomic E-state index is 13.3. The molecular weight excluding hydrogens is 456 g/mol. The maximum atomic E-state index is 13.3. The monoisotopic (exact) mass is 490 g/mol. The van der Waals surface area contributed by atoms with Crippen LogP contribution in [0.4, 0.5) is 0 Å². The number of likely N-dealkylation sites (N-methyl/N-ethyl adjacent to an activating group) is 1. The van der Waals surface area contributed by atoms with Gasteiger partial charge in [-0.3, -0.25) is 14.8 Å². The van der Waals surface area contributed by atoms with Crippen molar-refractivity contribution in [2.24, 2.45) is 15.0 Å². The quantitative estimate of drug-likeness (QED) is 0.439. The van der Waals surface area contributed by atoms with Crippen LogP contribution in [0.1, 0.15) is 39.2 Å². The minimum absolute atomic E-state index is 0.131. The summed E-state index contributed by atoms with van der Waals surface area (Å²) in [7, 11) is -0.203. The van der Waals surface area contributed by atoms with Gasteiger partial charge < -0.3 is 15.0 Å². The van der Waals surface area contributed by atoms with Gasteiger partial charge in [0, 0.05) is 39.6 Å². The highest BCUT2D eigenvalue weighted by molar-refractivity contribution is 7.89. The number of sulfonamides is 1. The van der Waals surface area contributed by atoms with Crippen LogP contribution in [-0.4, -0.2) is 93.8 Å². The van der Waals surface area contributed by atoms with E-state index in [0.717, 1.165) is 6.42 Å². The molecule has 1 amide bonds. The van der Waals surface area contributed by atoms with Crippen molar-refractivity contribution in [2.45, 2.75) is 44.6 Å². The van der Waals surface area contributed by atoms with E-state index < -0.39 is 15.9 Å². The van der Waals surface area contributed by atoms with Crippen LogP contribution in [0.25, 0.3) is 0 Å². The Labute approximate surface area is 201 Å². The van der Waals surface area contributed by atoms with Crippen molar-refractivity contribution in [3.8, 4) is 5.75 Å². The third kappa shape index (κ3) is 5.70. The molecule has 2 aliphatic rings. The van der Waals surface area contributed by atoms with Gasteiger partial charge in [0.25, 0.3) is 5.91 Å². The summed E-state index contributed by atoms with van der Waals surface area (Å²) in [5.41, 5.74) is 0.706. The van der Waals surface area contributed by atoms with Gasteiger partial charge in [0.15, 0.2) is 0 Å². The highest BCUT2D eigenvalue weighted by atomic mass is 32.2. The lowest BCUT2D eigenvalue weighted by molar-refractivity contribution is -0.113. The number of carbonyl (C=O) groups excluding carboxylic acids is 1. The van der Waals surface area contributed by atoms with Crippen molar-refractivity contribution >= 4 is 33.3 Å². The summed E-state index contributed by atoms with van der Waals surface area (Å²) in [4.78, 5) is 28.3. The molecule has 1 unspecified atom stereocenters. The topological polar surface area (TPSA) is 116 Å². The van der Waals surface area contributed by atoms with Gasteiger partial charge in [-0.2, -0.15) is 4.31 Å². The average Bonchev–Trinajstić information content (AvgIpc) is 3.18. The lowest BCUT2D eigenvalue weighted by atomic mass is 10.1. The van der Waals surface area contributed by atoms with Crippen molar-refractivity contribution in [1.82, 2.24) is 14.5 Å². The van der Waals surface area contributed by atoms with Gasteiger partial charge in [0.2, 0.25) is 10.0 Å². The first-order valence-corrected chi connectivity index (χ1v) is 13.0. The molecule has 0 saturated carbocycles. The average molecular weight is 491 g/mol. The zero-order valence-electron chi connectivity index (χ0n) is 20.5. The van der Waals surface area contributed by atoms with Gasteiger partial charge in [-0.15, -0.1) is 0 Å². The van der Waals surface area contributed by atoms with E-state index in [1.165, 1.54) is 23.5 Å². The standard InChI is InChI=1S/C23H34N6O4S/c1-6-8-20-25-16(3)21(26-20)23(30)27-22(24-4)18-15-17(9-10-19(18)33-7-2)34(31,32)29-13-11-28(5)12-14-29/h9-10,15-16H,6-8,11-14H2,1-5H3,(H,24,27,30). The summed E-state index contributed by atoms with van der Waals surface area (Å²) in [6.45, 7) is 8.24. The van der Waals surface area contributed by atoms with Gasteiger partial charge in [-0.05, 0) is 45.5 Å². The van der Waals surface area contributed by atoms with E-state index in [2.05, 4.69) is 25.2 Å². The fourth-order valence-electron chi connectivity index (χ4n) is 3.86. The van der Waals surface area contributed by atoms with Crippen LogP contribution in [0.15, 0.2) is 38.1 Å². The van der Waals surface area contributed by atoms with Crippen LogP contribution in [0, 0.1) is 0 Å². The molecule has 10 nitrogen and oxygen atoms in total. The van der Waals surface area contributed by atoms with Crippen LogP contribution in [0.5, 0.6) is 5.75 Å². The number of rotatable bonds is 8. The number of aliphatic imine (C=N–C) groups is 3. The predicted molar refractivity (Wildman–Crippen MR) is 134 cm³/mol. The molecule has 0 bridgehead atoms. The molecule has 34 heavy (non-hydrogen) atoms. The normalized spacial score (nSPS) is 20.1. The number of nitrogens with one attached hydrogen (secondary N) is 1. The van der Waals surface area contributed by atoms with Crippen molar-refractivity contribution in [2.75, 3.05) is 46.9 Å². The zero-order valence-corrected chi connectivity index (χ0v) is 21.4. The second kappa shape index (κ2) is 11.2. The molecule has 1 atom stereocenters. The SMILES string of the molecule is CCCC1=NC(C)C(C(=O)N/C(=N\C)c2cc(S(=O)(=O)N3CCN(C)CC3)ccc2OCC)=N1. The molecular formula is C23H34N6O4S. The Morgan fingerprint density at radius 3 is 2.56 bits per heavy atom. The summed E-state index contributed by atoms with van der Waals surface area (Å²) < 4.78 is 33.8. The molecule has 186 valence electrons. The van der Waals surface area contributed by atoms with Gasteiger partial charge in [0.05, 0.1) is 23.1 Å². The van der Waals surface area contributed by atoms with E-state index >= 15 is 0 Å². The first-order chi connectivity index (χ1) is 16.2. The Morgan fingerprint density at radius 2 is 1.94 bits per heavy atom. The number of nitrogens with zero attached hydrogens (tertiary/aromatic N) is 5. The summed E-state index contributed by atoms with van der Waals surface area (Å²) >= 11 is 0. The second-order valence-corrected chi connectivity index (χ2v) is 10.2. The lowest BCUT2D eigenvalue weighted by Crippen LogP contribution is -2.47. The fourth-order valence-corrected chi connectivity index (χ4v) is 5.31. The lowest BCUT2D eigenvalue weighted by Gasteiger charge is -2.31. The number of piperazine rings is 1. The molecule has 1 aromatic carbocycles. The number of ether oxygens (including phenoxy) is 1. The van der Waals surface area contributed by atoms with E-state index in [1.807, 2.05) is 27.8 Å². The van der Waals surface area contributed by atoms with Gasteiger partial charge in [-0.25, -0.2) is 13.4 Å². The molecule has 1 N–H and O–H groups in total. The van der Waals surface area contributed by atoms with Gasteiger partial charge in [0.1, 0.15) is 23.1 Å². The predicted octanol–water partition coefficient (Wildman–Crippen LogP) is 1.56. The van der Waals surface area contributed by atoms with E-state index in [4.69, 9.17) is 4.74 Å². The summed E-state index contributed by atoms with van der Waals surface area (Å²) in [5, 5.41) is 2.79. The first kappa shape index (κ1) is 26.0. The maximum Gasteiger partial charge on any atom is 0.273 e. The largest absolute Gasteiger partial charge is 0.493 e. The Balaban J connectivity index is 1.90. The van der Waals surface area contributed by atoms with Crippen LogP contribution in [-0.2, 0) is 14.8 Å². The highest BCUT2D eigenvalue weighted by Gasteiger charge is 2.30. The number of amides is 1. The molecule has 1 saturated heterocycles. The van der Waals surface area contributed by atoms with Gasteiger partial charge in [-0.1, -0.05) is 6.92 Å². The van der Waals surface area contributed by atoms with E-state index in [1.54, 1.807) is 6.07 Å². The Hall–Kier alpha value is -2.63. The smallest absolute Gasteiger partial charge is 0.273 e. The van der Waals surface area contributed by atoms with Crippen LogP contribution in [0.3, 0.4) is 0 Å². The highest BCUT2D eigenvalue weighted by Crippen LogP contribution is 2.26. The van der Waals surface area contributed by atoms with Crippen molar-refractivity contribution < 1.29 is 17.9 Å². The van der Waals surface area contributed by atoms with Crippen LogP contribution in [0.2, 0.25) is 0 Å². The van der Waals surface area contributed by atoms with E-state index in [-0.39, 0.29) is 16.8 Å². The summed E-state index contributed by atoms with van der Waals surface area (Å²) in [6, 6.07) is 4.30. The van der Waals surface area contributed by atoms with E-state index in [9.17, 15) is 13.2 Å². The fraction of sp³-hybridized carbons (Fsp3) is 0.565. The molecule has 0 aliphatic carbocycles. The molecule has 1 aromatic rings. The van der Waals surface area contributed by atoms with Gasteiger partial charge >= 0.3 is 0 Å². The minimum atomic E-state index is -3.71. The van der Waals surface area contributed by atoms with Crippen LogP contribution < -0.4 is 10.1 Å². The number of hydrogen-bond donors (Lipinski definition) is 1. The third-order valence-corrected chi connectivity index (χ3v) is 7.65. The molecule has 2 aliphatic heterocycles. The Morgan fingerprint density at radius 1 is 1.24 bits per heavy atom. The minimum Gasteiger partial charge on any atom is -0.493 e. The number of carbonyl (C=O) groups is 1. The molecule has 0 radical (unpaired) electrons. The molecule has 0 aromatic heterocycles. The van der Waals surface area contributed by atoms with E-state index in [0.29, 0.717) is 62.1 Å². The molecule has 0 spiro atoms. The Bertz CT molecular complexity index is 1100. The first-order valence-electron chi connectivity index (χ1n) is 11.6. The van der Waals surface area contributed by atoms with Crippen LogP contribution >= 0.6 is 0 Å². The van der Waals surface area contributed by atoms with Crippen molar-refractivity contribution in [3.63, 3.8) is 0 Å². The number of hydrogen-bond acceptors (Lipinski definition) is 8. The Kier molecular flexibility index (Phi) is 8.56.